The molecule has 4 rings (SSSR count). The van der Waals surface area contributed by atoms with Gasteiger partial charge in [0.25, 0.3) is 5.91 Å². The number of fused-ring (bicyclic) bond motifs is 1. The van der Waals surface area contributed by atoms with E-state index < -0.39 is 11.9 Å². The first-order valence-electron chi connectivity index (χ1n) is 9.70. The van der Waals surface area contributed by atoms with Crippen molar-refractivity contribution < 1.29 is 14.3 Å². The van der Waals surface area contributed by atoms with Gasteiger partial charge in [0.1, 0.15) is 5.75 Å². The van der Waals surface area contributed by atoms with Crippen molar-refractivity contribution in [2.45, 2.75) is 0 Å². The number of hydrazone groups is 1. The zero-order chi connectivity index (χ0) is 23.4. The van der Waals surface area contributed by atoms with Crippen LogP contribution in [-0.2, 0) is 0 Å². The number of rotatable bonds is 5. The zero-order valence-electron chi connectivity index (χ0n) is 16.9. The fraction of sp³-hybridized carbons (Fsp3) is 0. The lowest BCUT2D eigenvalue weighted by Gasteiger charge is -2.09. The van der Waals surface area contributed by atoms with Gasteiger partial charge in [-0.05, 0) is 74.7 Å². The second-order valence-corrected chi connectivity index (χ2v) is 8.60. The molecule has 0 radical (unpaired) electrons. The first kappa shape index (κ1) is 23.0. The number of hydrogen-bond acceptors (Lipinski definition) is 4. The molecule has 164 valence electrons. The summed E-state index contributed by atoms with van der Waals surface area (Å²) >= 11 is 15.2. The first-order valence-corrected chi connectivity index (χ1v) is 11.3. The predicted molar refractivity (Wildman–Crippen MR) is 135 cm³/mol. The fourth-order valence-electron chi connectivity index (χ4n) is 3.11. The summed E-state index contributed by atoms with van der Waals surface area (Å²) in [6.07, 6.45) is 1.47. The van der Waals surface area contributed by atoms with Gasteiger partial charge in [-0.1, -0.05) is 59.6 Å². The van der Waals surface area contributed by atoms with Gasteiger partial charge in [0.15, 0.2) is 0 Å². The molecule has 33 heavy (non-hydrogen) atoms. The Morgan fingerprint density at radius 3 is 2.48 bits per heavy atom. The van der Waals surface area contributed by atoms with E-state index in [-0.39, 0.29) is 5.02 Å². The largest absolute Gasteiger partial charge is 0.422 e. The Labute approximate surface area is 208 Å². The molecule has 0 atom stereocenters. The van der Waals surface area contributed by atoms with Crippen LogP contribution in [0.4, 0.5) is 0 Å². The second-order valence-electron chi connectivity index (χ2n) is 6.93. The summed E-state index contributed by atoms with van der Waals surface area (Å²) in [6, 6.07) is 22.7. The summed E-state index contributed by atoms with van der Waals surface area (Å²) in [5.74, 6) is -0.516. The smallest absolute Gasteiger partial charge is 0.344 e. The van der Waals surface area contributed by atoms with Gasteiger partial charge in [-0.2, -0.15) is 5.10 Å². The number of hydrogen-bond donors (Lipinski definition) is 1. The molecule has 0 heterocycles. The van der Waals surface area contributed by atoms with Crippen LogP contribution in [0, 0.1) is 0 Å². The third kappa shape index (κ3) is 5.42. The maximum Gasteiger partial charge on any atom is 0.344 e. The van der Waals surface area contributed by atoms with Crippen LogP contribution in [0.15, 0.2) is 88.4 Å². The lowest BCUT2D eigenvalue weighted by molar-refractivity contribution is 0.0735. The Kier molecular flexibility index (Phi) is 7.08. The number of carbonyl (C=O) groups is 2. The number of nitrogens with zero attached hydrogens (tertiary/aromatic N) is 1. The normalized spacial score (nSPS) is 11.0. The van der Waals surface area contributed by atoms with Crippen LogP contribution in [0.1, 0.15) is 26.3 Å². The van der Waals surface area contributed by atoms with E-state index in [9.17, 15) is 9.59 Å². The molecule has 0 aromatic heterocycles. The van der Waals surface area contributed by atoms with Crippen molar-refractivity contribution in [3.63, 3.8) is 0 Å². The number of ether oxygens (including phenoxy) is 1. The SMILES string of the molecule is O=C(N/N=C\c1ccc(OC(=O)c2cccc3ccccc23)c(Br)c1)c1ccc(Cl)c(Cl)c1. The van der Waals surface area contributed by atoms with E-state index in [1.165, 1.54) is 18.3 Å². The molecule has 0 saturated heterocycles. The highest BCUT2D eigenvalue weighted by molar-refractivity contribution is 9.10. The Morgan fingerprint density at radius 1 is 0.909 bits per heavy atom. The minimum atomic E-state index is -0.456. The third-order valence-electron chi connectivity index (χ3n) is 4.73. The monoisotopic (exact) mass is 540 g/mol. The van der Waals surface area contributed by atoms with Crippen LogP contribution in [0.2, 0.25) is 10.0 Å². The van der Waals surface area contributed by atoms with Crippen molar-refractivity contribution >= 4 is 68.0 Å². The third-order valence-corrected chi connectivity index (χ3v) is 6.09. The number of nitrogens with one attached hydrogen (secondary N) is 1. The topological polar surface area (TPSA) is 67.8 Å². The van der Waals surface area contributed by atoms with Crippen molar-refractivity contribution in [2.75, 3.05) is 0 Å². The maximum atomic E-state index is 12.8. The second kappa shape index (κ2) is 10.2. The molecular formula is C25H15BrCl2N2O3. The van der Waals surface area contributed by atoms with Gasteiger partial charge >= 0.3 is 5.97 Å². The predicted octanol–water partition coefficient (Wildman–Crippen LogP) is 6.89. The lowest BCUT2D eigenvalue weighted by atomic mass is 10.0. The minimum Gasteiger partial charge on any atom is -0.422 e. The highest BCUT2D eigenvalue weighted by Crippen LogP contribution is 2.28. The van der Waals surface area contributed by atoms with Crippen LogP contribution in [0.25, 0.3) is 10.8 Å². The van der Waals surface area contributed by atoms with Crippen molar-refractivity contribution in [3.05, 3.63) is 110 Å². The summed E-state index contributed by atoms with van der Waals surface area (Å²) in [4.78, 5) is 24.9. The van der Waals surface area contributed by atoms with Crippen molar-refractivity contribution in [2.24, 2.45) is 5.10 Å². The van der Waals surface area contributed by atoms with Crippen molar-refractivity contribution in [1.82, 2.24) is 5.43 Å². The lowest BCUT2D eigenvalue weighted by Crippen LogP contribution is -2.17. The number of halogens is 3. The maximum absolute atomic E-state index is 12.8. The van der Waals surface area contributed by atoms with Gasteiger partial charge in [0, 0.05) is 5.56 Å². The molecule has 1 amide bonds. The number of carbonyl (C=O) groups excluding carboxylic acids is 2. The van der Waals surface area contributed by atoms with Gasteiger partial charge in [-0.3, -0.25) is 4.79 Å². The van der Waals surface area contributed by atoms with E-state index in [4.69, 9.17) is 27.9 Å². The Bertz CT molecular complexity index is 1400. The summed E-state index contributed by atoms with van der Waals surface area (Å²) in [7, 11) is 0. The van der Waals surface area contributed by atoms with Gasteiger partial charge in [0.2, 0.25) is 0 Å². The van der Waals surface area contributed by atoms with E-state index >= 15 is 0 Å². The Balaban J connectivity index is 1.44. The van der Waals surface area contributed by atoms with Crippen LogP contribution in [0.3, 0.4) is 0 Å². The molecule has 0 unspecified atom stereocenters. The molecule has 0 aliphatic carbocycles. The summed E-state index contributed by atoms with van der Waals surface area (Å²) in [5, 5.41) is 6.38. The standard InChI is InChI=1S/C25H15BrCl2N2O3/c26-20-12-15(14-29-30-24(31)17-9-10-21(27)22(28)13-17)8-11-23(20)33-25(32)19-7-3-5-16-4-1-2-6-18(16)19/h1-14H,(H,30,31)/b29-14-. The van der Waals surface area contributed by atoms with Gasteiger partial charge in [-0.25, -0.2) is 10.2 Å². The van der Waals surface area contributed by atoms with Gasteiger partial charge < -0.3 is 4.74 Å². The first-order chi connectivity index (χ1) is 15.9. The summed E-state index contributed by atoms with van der Waals surface area (Å²) in [5.41, 5.74) is 3.92. The molecule has 0 aliphatic rings. The summed E-state index contributed by atoms with van der Waals surface area (Å²) in [6.45, 7) is 0. The molecule has 0 saturated carbocycles. The molecular weight excluding hydrogens is 527 g/mol. The molecule has 0 aliphatic heterocycles. The molecule has 0 spiro atoms. The Morgan fingerprint density at radius 2 is 1.70 bits per heavy atom. The number of esters is 1. The Hall–Kier alpha value is -3.19. The molecule has 1 N–H and O–H groups in total. The molecule has 8 heteroatoms. The van der Waals surface area contributed by atoms with E-state index in [1.807, 2.05) is 36.4 Å². The summed E-state index contributed by atoms with van der Waals surface area (Å²) < 4.78 is 6.16. The molecule has 4 aromatic carbocycles. The minimum absolute atomic E-state index is 0.283. The molecule has 4 aromatic rings. The van der Waals surface area contributed by atoms with Crippen LogP contribution in [0.5, 0.6) is 5.75 Å². The van der Waals surface area contributed by atoms with Gasteiger partial charge in [0.05, 0.1) is 26.3 Å². The van der Waals surface area contributed by atoms with E-state index in [1.54, 1.807) is 30.3 Å². The quantitative estimate of drug-likeness (QED) is 0.129. The van der Waals surface area contributed by atoms with Crippen LogP contribution in [-0.4, -0.2) is 18.1 Å². The average Bonchev–Trinajstić information content (AvgIpc) is 2.82. The molecule has 0 fully saturated rings. The zero-order valence-corrected chi connectivity index (χ0v) is 20.0. The van der Waals surface area contributed by atoms with Crippen molar-refractivity contribution in [1.29, 1.82) is 0 Å². The highest BCUT2D eigenvalue weighted by atomic mass is 79.9. The fourth-order valence-corrected chi connectivity index (χ4v) is 3.88. The van der Waals surface area contributed by atoms with Gasteiger partial charge in [-0.15, -0.1) is 0 Å². The molecule has 0 bridgehead atoms. The van der Waals surface area contributed by atoms with Crippen LogP contribution >= 0.6 is 39.1 Å². The number of benzene rings is 4. The highest BCUT2D eigenvalue weighted by Gasteiger charge is 2.14. The van der Waals surface area contributed by atoms with Crippen LogP contribution < -0.4 is 10.2 Å². The van der Waals surface area contributed by atoms with E-state index in [2.05, 4.69) is 26.5 Å². The van der Waals surface area contributed by atoms with Crippen molar-refractivity contribution in [3.8, 4) is 5.75 Å². The average molecular weight is 542 g/mol. The number of amides is 1. The molecule has 5 nitrogen and oxygen atoms in total. The van der Waals surface area contributed by atoms with E-state index in [0.717, 1.165) is 10.8 Å². The van der Waals surface area contributed by atoms with E-state index in [0.29, 0.717) is 31.9 Å².